The summed E-state index contributed by atoms with van der Waals surface area (Å²) in [7, 11) is 0. The predicted molar refractivity (Wildman–Crippen MR) is 214 cm³/mol. The van der Waals surface area contributed by atoms with Gasteiger partial charge in [0.25, 0.3) is 11.1 Å². The number of hydrogen-bond donors (Lipinski definition) is 2. The standard InChI is InChI=1S/C46H39N3O5S/c50-29-31-19-21-33(22-20-31)41-26-40(30-55-46-49-42(34-11-3-1-4-12-34)43(54-46)35-13-5-2-6-14-35)52-45(53-41)38-17-8-16-37(25-38)36-15-7-10-32(24-36)27-48-44(51)39-18-9-23-47-28-39/h1-25,28,40-41,45,50H,26-27,29-30H2,(H,48,51). The van der Waals surface area contributed by atoms with E-state index in [2.05, 4.69) is 34.6 Å². The monoisotopic (exact) mass is 745 g/mol. The molecular formula is C46H39N3O5S. The minimum absolute atomic E-state index is 0.0201. The molecule has 3 unspecified atom stereocenters. The summed E-state index contributed by atoms with van der Waals surface area (Å²) in [5.41, 5.74) is 9.05. The SMILES string of the molecule is O=C(NCc1cccc(-c2cccc(C3OC(CSc4nc(-c5ccccc5)c(-c5ccccc5)o4)CC(c4ccc(CO)cc4)O3)c2)c1)c1cccnc1. The molecule has 1 saturated heterocycles. The Morgan fingerprint density at radius 1 is 0.727 bits per heavy atom. The van der Waals surface area contributed by atoms with E-state index in [0.717, 1.165) is 56.0 Å². The Balaban J connectivity index is 1.03. The van der Waals surface area contributed by atoms with Crippen molar-refractivity contribution in [2.75, 3.05) is 5.75 Å². The van der Waals surface area contributed by atoms with E-state index in [1.165, 1.54) is 11.8 Å². The average molecular weight is 746 g/mol. The number of aliphatic hydroxyl groups is 1. The topological polar surface area (TPSA) is 107 Å². The van der Waals surface area contributed by atoms with Gasteiger partial charge in [-0.1, -0.05) is 133 Å². The molecule has 2 N–H and O–H groups in total. The molecule has 8 rings (SSSR count). The predicted octanol–water partition coefficient (Wildman–Crippen LogP) is 9.83. The highest BCUT2D eigenvalue weighted by molar-refractivity contribution is 7.99. The number of nitrogens with one attached hydrogen (secondary N) is 1. The van der Waals surface area contributed by atoms with E-state index in [4.69, 9.17) is 18.9 Å². The highest BCUT2D eigenvalue weighted by atomic mass is 32.2. The van der Waals surface area contributed by atoms with Gasteiger partial charge in [0, 0.05) is 47.8 Å². The zero-order chi connectivity index (χ0) is 37.4. The first kappa shape index (κ1) is 36.2. The summed E-state index contributed by atoms with van der Waals surface area (Å²) in [5.74, 6) is 1.16. The molecule has 8 nitrogen and oxygen atoms in total. The average Bonchev–Trinajstić information content (AvgIpc) is 3.70. The van der Waals surface area contributed by atoms with Gasteiger partial charge < -0.3 is 24.3 Å². The third-order valence-corrected chi connectivity index (χ3v) is 10.5. The van der Waals surface area contributed by atoms with Gasteiger partial charge in [-0.3, -0.25) is 9.78 Å². The van der Waals surface area contributed by atoms with E-state index in [9.17, 15) is 9.90 Å². The largest absolute Gasteiger partial charge is 0.431 e. The second-order valence-corrected chi connectivity index (χ2v) is 14.3. The molecule has 1 amide bonds. The number of hydrogen-bond acceptors (Lipinski definition) is 8. The maximum atomic E-state index is 12.6. The van der Waals surface area contributed by atoms with Crippen LogP contribution in [0.2, 0.25) is 0 Å². The highest BCUT2D eigenvalue weighted by Gasteiger charge is 2.33. The van der Waals surface area contributed by atoms with Crippen molar-refractivity contribution >= 4 is 17.7 Å². The lowest BCUT2D eigenvalue weighted by atomic mass is 9.99. The van der Waals surface area contributed by atoms with Crippen molar-refractivity contribution in [1.82, 2.24) is 15.3 Å². The van der Waals surface area contributed by atoms with Crippen LogP contribution < -0.4 is 5.32 Å². The minimum atomic E-state index is -0.631. The number of oxazole rings is 1. The van der Waals surface area contributed by atoms with Gasteiger partial charge in [-0.25, -0.2) is 4.98 Å². The van der Waals surface area contributed by atoms with Crippen LogP contribution in [0.15, 0.2) is 168 Å². The van der Waals surface area contributed by atoms with Crippen molar-refractivity contribution in [3.05, 3.63) is 186 Å². The van der Waals surface area contributed by atoms with Crippen LogP contribution >= 0.6 is 11.8 Å². The molecule has 1 fully saturated rings. The number of thioether (sulfide) groups is 1. The third kappa shape index (κ3) is 8.77. The molecular weight excluding hydrogens is 707 g/mol. The van der Waals surface area contributed by atoms with Gasteiger partial charge in [0.2, 0.25) is 0 Å². The molecule has 0 bridgehead atoms. The number of rotatable bonds is 12. The van der Waals surface area contributed by atoms with Crippen molar-refractivity contribution < 1.29 is 23.8 Å². The Hall–Kier alpha value is -5.84. The number of aromatic nitrogens is 2. The van der Waals surface area contributed by atoms with Crippen LogP contribution in [0, 0.1) is 0 Å². The van der Waals surface area contributed by atoms with Gasteiger partial charge >= 0.3 is 0 Å². The van der Waals surface area contributed by atoms with E-state index < -0.39 is 6.29 Å². The second kappa shape index (κ2) is 17.1. The maximum Gasteiger partial charge on any atom is 0.256 e. The van der Waals surface area contributed by atoms with Crippen LogP contribution in [0.3, 0.4) is 0 Å². The van der Waals surface area contributed by atoms with Gasteiger partial charge in [-0.15, -0.1) is 0 Å². The van der Waals surface area contributed by atoms with Crippen molar-refractivity contribution in [3.8, 4) is 33.7 Å². The lowest BCUT2D eigenvalue weighted by Gasteiger charge is -2.36. The van der Waals surface area contributed by atoms with Crippen molar-refractivity contribution in [2.45, 2.75) is 43.3 Å². The van der Waals surface area contributed by atoms with Crippen molar-refractivity contribution in [3.63, 3.8) is 0 Å². The number of ether oxygens (including phenoxy) is 2. The molecule has 0 saturated carbocycles. The quantitative estimate of drug-likeness (QED) is 0.119. The third-order valence-electron chi connectivity index (χ3n) is 9.49. The zero-order valence-electron chi connectivity index (χ0n) is 30.0. The van der Waals surface area contributed by atoms with E-state index in [-0.39, 0.29) is 24.7 Å². The zero-order valence-corrected chi connectivity index (χ0v) is 30.8. The van der Waals surface area contributed by atoms with Crippen LogP contribution in [0.5, 0.6) is 0 Å². The number of carbonyl (C=O) groups is 1. The Bertz CT molecular complexity index is 2280. The summed E-state index contributed by atoms with van der Waals surface area (Å²) >= 11 is 1.53. The number of nitrogens with zero attached hydrogens (tertiary/aromatic N) is 2. The van der Waals surface area contributed by atoms with Crippen LogP contribution in [0.25, 0.3) is 33.7 Å². The van der Waals surface area contributed by atoms with E-state index in [1.54, 1.807) is 24.5 Å². The summed E-state index contributed by atoms with van der Waals surface area (Å²) in [5, 5.41) is 13.2. The Morgan fingerprint density at radius 3 is 2.20 bits per heavy atom. The van der Waals surface area contributed by atoms with E-state index >= 15 is 0 Å². The summed E-state index contributed by atoms with van der Waals surface area (Å²) in [6.45, 7) is 0.365. The van der Waals surface area contributed by atoms with Crippen LogP contribution in [-0.4, -0.2) is 32.8 Å². The molecule has 7 aromatic rings. The maximum absolute atomic E-state index is 12.6. The van der Waals surface area contributed by atoms with Gasteiger partial charge in [-0.05, 0) is 52.1 Å². The van der Waals surface area contributed by atoms with Crippen LogP contribution in [0.1, 0.15) is 51.4 Å². The number of amides is 1. The van der Waals surface area contributed by atoms with Gasteiger partial charge in [0.15, 0.2) is 12.1 Å². The lowest BCUT2D eigenvalue weighted by Crippen LogP contribution is -2.31. The normalized spacial score (nSPS) is 16.8. The summed E-state index contributed by atoms with van der Waals surface area (Å²) in [6.07, 6.45) is 2.78. The molecule has 0 spiro atoms. The summed E-state index contributed by atoms with van der Waals surface area (Å²) < 4.78 is 19.8. The molecule has 1 aliphatic heterocycles. The van der Waals surface area contributed by atoms with Crippen molar-refractivity contribution in [2.24, 2.45) is 0 Å². The molecule has 3 atom stereocenters. The first-order valence-electron chi connectivity index (χ1n) is 18.2. The van der Waals surface area contributed by atoms with Gasteiger partial charge in [-0.2, -0.15) is 0 Å². The number of pyridine rings is 1. The first-order valence-corrected chi connectivity index (χ1v) is 19.2. The number of aliphatic hydroxyl groups excluding tert-OH is 1. The molecule has 0 aliphatic carbocycles. The number of carbonyl (C=O) groups excluding carboxylic acids is 1. The molecule has 9 heteroatoms. The molecule has 2 aromatic heterocycles. The molecule has 274 valence electrons. The van der Waals surface area contributed by atoms with Crippen LogP contribution in [-0.2, 0) is 22.6 Å². The summed E-state index contributed by atoms with van der Waals surface area (Å²) in [6, 6.07) is 47.9. The molecule has 55 heavy (non-hydrogen) atoms. The van der Waals surface area contributed by atoms with Gasteiger partial charge in [0.05, 0.1) is 24.4 Å². The molecule has 5 aromatic carbocycles. The fourth-order valence-corrected chi connectivity index (χ4v) is 7.47. The Morgan fingerprint density at radius 2 is 1.45 bits per heavy atom. The van der Waals surface area contributed by atoms with Crippen molar-refractivity contribution in [1.29, 1.82) is 0 Å². The summed E-state index contributed by atoms with van der Waals surface area (Å²) in [4.78, 5) is 21.7. The highest BCUT2D eigenvalue weighted by Crippen LogP contribution is 2.41. The molecule has 3 heterocycles. The van der Waals surface area contributed by atoms with Gasteiger partial charge in [0.1, 0.15) is 5.69 Å². The smallest absolute Gasteiger partial charge is 0.256 e. The Kier molecular flexibility index (Phi) is 11.2. The lowest BCUT2D eigenvalue weighted by molar-refractivity contribution is -0.245. The molecule has 1 aliphatic rings. The van der Waals surface area contributed by atoms with Crippen LogP contribution in [0.4, 0.5) is 0 Å². The second-order valence-electron chi connectivity index (χ2n) is 13.3. The fraction of sp³-hybridized carbons (Fsp3) is 0.152. The minimum Gasteiger partial charge on any atom is -0.431 e. The fourth-order valence-electron chi connectivity index (χ4n) is 6.63. The Labute approximate surface area is 324 Å². The van der Waals surface area contributed by atoms with E-state index in [1.807, 2.05) is 109 Å². The number of benzene rings is 5. The molecule has 0 radical (unpaired) electrons. The van der Waals surface area contributed by atoms with E-state index in [0.29, 0.717) is 29.5 Å². The first-order chi connectivity index (χ1) is 27.1.